The van der Waals surface area contributed by atoms with Gasteiger partial charge in [0.05, 0.1) is 12.0 Å². The van der Waals surface area contributed by atoms with Gasteiger partial charge in [-0.05, 0) is 31.0 Å². The van der Waals surface area contributed by atoms with Crippen molar-refractivity contribution in [2.75, 3.05) is 26.3 Å². The molecule has 22 heavy (non-hydrogen) atoms. The van der Waals surface area contributed by atoms with Crippen LogP contribution in [0.2, 0.25) is 0 Å². The van der Waals surface area contributed by atoms with Crippen molar-refractivity contribution >= 4 is 27.8 Å². The van der Waals surface area contributed by atoms with Gasteiger partial charge in [0.15, 0.2) is 0 Å². The van der Waals surface area contributed by atoms with Gasteiger partial charge in [-0.25, -0.2) is 0 Å². The van der Waals surface area contributed by atoms with Crippen LogP contribution in [0.3, 0.4) is 0 Å². The van der Waals surface area contributed by atoms with E-state index in [4.69, 9.17) is 4.74 Å². The Kier molecular flexibility index (Phi) is 3.99. The molecule has 2 saturated heterocycles. The molecule has 2 aliphatic rings. The van der Waals surface area contributed by atoms with E-state index in [-0.39, 0.29) is 18.4 Å². The highest BCUT2D eigenvalue weighted by Gasteiger charge is 2.55. The largest absolute Gasteiger partial charge is 0.481 e. The maximum atomic E-state index is 12.8. The number of nitrogens with zero attached hydrogens (tertiary/aromatic N) is 1. The van der Waals surface area contributed by atoms with Gasteiger partial charge in [-0.1, -0.05) is 22.0 Å². The summed E-state index contributed by atoms with van der Waals surface area (Å²) >= 11 is 3.43. The van der Waals surface area contributed by atoms with E-state index in [1.54, 1.807) is 11.0 Å². The van der Waals surface area contributed by atoms with Crippen LogP contribution in [0.1, 0.15) is 22.3 Å². The first-order chi connectivity index (χ1) is 10.5. The van der Waals surface area contributed by atoms with Crippen molar-refractivity contribution in [3.05, 3.63) is 33.8 Å². The Morgan fingerprint density at radius 2 is 2.23 bits per heavy atom. The highest BCUT2D eigenvalue weighted by molar-refractivity contribution is 9.10. The molecule has 0 spiro atoms. The van der Waals surface area contributed by atoms with Crippen molar-refractivity contribution in [1.29, 1.82) is 0 Å². The van der Waals surface area contributed by atoms with Crippen LogP contribution in [0.4, 0.5) is 0 Å². The van der Waals surface area contributed by atoms with E-state index >= 15 is 0 Å². The van der Waals surface area contributed by atoms with Gasteiger partial charge < -0.3 is 14.7 Å². The first kappa shape index (κ1) is 15.5. The molecule has 2 aliphatic heterocycles. The van der Waals surface area contributed by atoms with Crippen LogP contribution in [0.5, 0.6) is 0 Å². The van der Waals surface area contributed by atoms with Crippen LogP contribution in [0, 0.1) is 18.3 Å². The minimum atomic E-state index is -0.853. The SMILES string of the molecule is Cc1c(Br)cccc1C(=O)N1C[C@H]2COCC[C@@]2(C(=O)O)C1. The van der Waals surface area contributed by atoms with Gasteiger partial charge in [0.1, 0.15) is 0 Å². The summed E-state index contributed by atoms with van der Waals surface area (Å²) in [5.41, 5.74) is 0.644. The third-order valence-corrected chi connectivity index (χ3v) is 5.78. The van der Waals surface area contributed by atoms with E-state index in [1.807, 2.05) is 19.1 Å². The van der Waals surface area contributed by atoms with E-state index in [0.717, 1.165) is 10.0 Å². The Morgan fingerprint density at radius 3 is 2.91 bits per heavy atom. The van der Waals surface area contributed by atoms with E-state index in [2.05, 4.69) is 15.9 Å². The second-order valence-corrected chi connectivity index (χ2v) is 6.94. The number of halogens is 1. The lowest BCUT2D eigenvalue weighted by Gasteiger charge is -2.33. The number of carbonyl (C=O) groups excluding carboxylic acids is 1. The number of rotatable bonds is 2. The van der Waals surface area contributed by atoms with Crippen LogP contribution in [0.15, 0.2) is 22.7 Å². The molecule has 0 saturated carbocycles. The third kappa shape index (κ3) is 2.34. The third-order valence-electron chi connectivity index (χ3n) is 4.92. The van der Waals surface area contributed by atoms with Crippen LogP contribution in [-0.2, 0) is 9.53 Å². The highest BCUT2D eigenvalue weighted by atomic mass is 79.9. The van der Waals surface area contributed by atoms with Crippen LogP contribution >= 0.6 is 15.9 Å². The van der Waals surface area contributed by atoms with Gasteiger partial charge in [0.25, 0.3) is 5.91 Å². The topological polar surface area (TPSA) is 66.8 Å². The second-order valence-electron chi connectivity index (χ2n) is 6.08. The van der Waals surface area contributed by atoms with Crippen LogP contribution in [-0.4, -0.2) is 48.2 Å². The molecule has 0 radical (unpaired) electrons. The van der Waals surface area contributed by atoms with E-state index in [1.165, 1.54) is 0 Å². The normalized spacial score (nSPS) is 27.5. The second kappa shape index (κ2) is 5.66. The zero-order valence-corrected chi connectivity index (χ0v) is 13.9. The number of carboxylic acids is 1. The lowest BCUT2D eigenvalue weighted by atomic mass is 9.74. The van der Waals surface area contributed by atoms with Gasteiger partial charge in [-0.2, -0.15) is 0 Å². The van der Waals surface area contributed by atoms with E-state index in [9.17, 15) is 14.7 Å². The molecule has 2 fully saturated rings. The number of benzene rings is 1. The van der Waals surface area contributed by atoms with E-state index < -0.39 is 11.4 Å². The molecule has 0 aromatic heterocycles. The number of amides is 1. The summed E-state index contributed by atoms with van der Waals surface area (Å²) in [6.07, 6.45) is 0.467. The molecule has 1 aromatic rings. The molecule has 1 amide bonds. The van der Waals surface area contributed by atoms with Gasteiger partial charge >= 0.3 is 5.97 Å². The number of likely N-dealkylation sites (tertiary alicyclic amines) is 1. The number of aliphatic carboxylic acids is 1. The Morgan fingerprint density at radius 1 is 1.45 bits per heavy atom. The number of hydrogen-bond donors (Lipinski definition) is 1. The summed E-state index contributed by atoms with van der Waals surface area (Å²) in [4.78, 5) is 26.3. The smallest absolute Gasteiger partial charge is 0.311 e. The van der Waals surface area contributed by atoms with Gasteiger partial charge in [0, 0.05) is 35.7 Å². The molecule has 0 aliphatic carbocycles. The van der Waals surface area contributed by atoms with Crippen molar-refractivity contribution in [3.8, 4) is 0 Å². The fourth-order valence-electron chi connectivity index (χ4n) is 3.46. The minimum absolute atomic E-state index is 0.103. The molecule has 6 heteroatoms. The van der Waals surface area contributed by atoms with Crippen molar-refractivity contribution < 1.29 is 19.4 Å². The summed E-state index contributed by atoms with van der Waals surface area (Å²) < 4.78 is 6.31. The first-order valence-electron chi connectivity index (χ1n) is 7.31. The summed E-state index contributed by atoms with van der Waals surface area (Å²) in [6, 6.07) is 5.50. The number of ether oxygens (including phenoxy) is 1. The monoisotopic (exact) mass is 367 g/mol. The fourth-order valence-corrected chi connectivity index (χ4v) is 3.83. The number of carbonyl (C=O) groups is 2. The summed E-state index contributed by atoms with van der Waals surface area (Å²) in [5.74, 6) is -1.05. The molecular weight excluding hydrogens is 350 g/mol. The predicted molar refractivity (Wildman–Crippen MR) is 83.8 cm³/mol. The van der Waals surface area contributed by atoms with Crippen LogP contribution < -0.4 is 0 Å². The highest BCUT2D eigenvalue weighted by Crippen LogP contribution is 2.43. The van der Waals surface area contributed by atoms with E-state index in [0.29, 0.717) is 31.7 Å². The van der Waals surface area contributed by atoms with Crippen molar-refractivity contribution in [1.82, 2.24) is 4.90 Å². The van der Waals surface area contributed by atoms with Crippen molar-refractivity contribution in [3.63, 3.8) is 0 Å². The van der Waals surface area contributed by atoms with Gasteiger partial charge in [-0.15, -0.1) is 0 Å². The molecule has 1 N–H and O–H groups in total. The zero-order chi connectivity index (χ0) is 15.9. The van der Waals surface area contributed by atoms with Gasteiger partial charge in [-0.3, -0.25) is 9.59 Å². The van der Waals surface area contributed by atoms with Crippen LogP contribution in [0.25, 0.3) is 0 Å². The van der Waals surface area contributed by atoms with Crippen molar-refractivity contribution in [2.45, 2.75) is 13.3 Å². The lowest BCUT2D eigenvalue weighted by Crippen LogP contribution is -2.45. The number of carboxylic acid groups (broad SMARTS) is 1. The molecule has 3 rings (SSSR count). The molecule has 2 heterocycles. The first-order valence-corrected chi connectivity index (χ1v) is 8.10. The maximum absolute atomic E-state index is 12.8. The average molecular weight is 368 g/mol. The number of fused-ring (bicyclic) bond motifs is 1. The Labute approximate surface area is 137 Å². The standard InChI is InChI=1S/C16H18BrNO4/c1-10-12(3-2-4-13(10)17)14(19)18-7-11-8-22-6-5-16(11,9-18)15(20)21/h2-4,11H,5-9H2,1H3,(H,20,21)/t11-,16+/m0/s1. The summed E-state index contributed by atoms with van der Waals surface area (Å²) in [7, 11) is 0. The number of hydrogen-bond acceptors (Lipinski definition) is 3. The average Bonchev–Trinajstić information content (AvgIpc) is 2.90. The summed E-state index contributed by atoms with van der Waals surface area (Å²) in [6.45, 7) is 3.45. The Balaban J connectivity index is 1.89. The molecular formula is C16H18BrNO4. The fraction of sp³-hybridized carbons (Fsp3) is 0.500. The van der Waals surface area contributed by atoms with Crippen molar-refractivity contribution in [2.24, 2.45) is 11.3 Å². The Hall–Kier alpha value is -1.40. The molecule has 0 unspecified atom stereocenters. The van der Waals surface area contributed by atoms with Gasteiger partial charge in [0.2, 0.25) is 0 Å². The maximum Gasteiger partial charge on any atom is 0.311 e. The quantitative estimate of drug-likeness (QED) is 0.870. The molecule has 118 valence electrons. The Bertz CT molecular complexity index is 633. The molecule has 2 atom stereocenters. The molecule has 1 aromatic carbocycles. The minimum Gasteiger partial charge on any atom is -0.481 e. The lowest BCUT2D eigenvalue weighted by molar-refractivity contribution is -0.157. The summed E-state index contributed by atoms with van der Waals surface area (Å²) in [5, 5.41) is 9.67. The molecule has 0 bridgehead atoms. The predicted octanol–water partition coefficient (Wildman–Crippen LogP) is 2.32. The molecule has 5 nitrogen and oxygen atoms in total. The zero-order valence-electron chi connectivity index (χ0n) is 12.3.